The predicted octanol–water partition coefficient (Wildman–Crippen LogP) is 2.65. The number of rotatable bonds is 6. The van der Waals surface area contributed by atoms with Gasteiger partial charge in [0.05, 0.1) is 0 Å². The second-order valence-electron chi connectivity index (χ2n) is 4.40. The van der Waals surface area contributed by atoms with Gasteiger partial charge in [-0.2, -0.15) is 16.3 Å². The second kappa shape index (κ2) is 6.47. The van der Waals surface area contributed by atoms with E-state index in [2.05, 4.69) is 15.5 Å². The van der Waals surface area contributed by atoms with Gasteiger partial charge >= 0.3 is 0 Å². The normalized spacial score (nSPS) is 12.3. The minimum atomic E-state index is 0.0182. The van der Waals surface area contributed by atoms with E-state index in [1.165, 1.54) is 0 Å². The van der Waals surface area contributed by atoms with Crippen LogP contribution in [0.1, 0.15) is 32.6 Å². The maximum Gasteiger partial charge on any atom is 0.227 e. The summed E-state index contributed by atoms with van der Waals surface area (Å²) in [7, 11) is 0. The van der Waals surface area contributed by atoms with E-state index in [9.17, 15) is 4.79 Å². The van der Waals surface area contributed by atoms with Crippen LogP contribution in [-0.2, 0) is 11.2 Å². The van der Waals surface area contributed by atoms with Gasteiger partial charge in [0, 0.05) is 29.8 Å². The third-order valence-electron chi connectivity index (χ3n) is 2.83. The van der Waals surface area contributed by atoms with Gasteiger partial charge in [0.15, 0.2) is 0 Å². The molecule has 0 radical (unpaired) electrons. The van der Waals surface area contributed by atoms with Crippen LogP contribution in [0.15, 0.2) is 21.3 Å². The van der Waals surface area contributed by atoms with Crippen LogP contribution in [0.2, 0.25) is 0 Å². The highest BCUT2D eigenvalue weighted by Crippen LogP contribution is 2.18. The Morgan fingerprint density at radius 1 is 1.58 bits per heavy atom. The van der Waals surface area contributed by atoms with Crippen molar-refractivity contribution in [3.63, 3.8) is 0 Å². The van der Waals surface area contributed by atoms with Crippen molar-refractivity contribution in [2.24, 2.45) is 0 Å². The summed E-state index contributed by atoms with van der Waals surface area (Å²) in [6.45, 7) is 4.02. The molecule has 6 heteroatoms. The molecule has 2 heterocycles. The molecule has 2 aromatic rings. The fourth-order valence-electron chi connectivity index (χ4n) is 1.53. The van der Waals surface area contributed by atoms with E-state index in [0.717, 1.165) is 12.0 Å². The molecule has 1 amide bonds. The Hall–Kier alpha value is -1.69. The molecule has 102 valence electrons. The fraction of sp³-hybridized carbons (Fsp3) is 0.462. The summed E-state index contributed by atoms with van der Waals surface area (Å²) >= 11 is 1.59. The molecule has 0 fully saturated rings. The van der Waals surface area contributed by atoms with E-state index in [-0.39, 0.29) is 11.9 Å². The van der Waals surface area contributed by atoms with E-state index in [0.29, 0.717) is 24.6 Å². The first kappa shape index (κ1) is 13.7. The molecule has 0 aliphatic heterocycles. The lowest BCUT2D eigenvalue weighted by atomic mass is 10.2. The van der Waals surface area contributed by atoms with E-state index >= 15 is 0 Å². The molecular weight excluding hydrogens is 262 g/mol. The van der Waals surface area contributed by atoms with Crippen LogP contribution < -0.4 is 5.32 Å². The molecule has 0 saturated heterocycles. The van der Waals surface area contributed by atoms with Crippen LogP contribution >= 0.6 is 11.3 Å². The summed E-state index contributed by atoms with van der Waals surface area (Å²) in [6.07, 6.45) is 1.77. The van der Waals surface area contributed by atoms with Crippen molar-refractivity contribution in [1.82, 2.24) is 15.5 Å². The van der Waals surface area contributed by atoms with E-state index < -0.39 is 0 Å². The Labute approximate surface area is 116 Å². The largest absolute Gasteiger partial charge is 0.354 e. The molecule has 2 rings (SSSR count). The van der Waals surface area contributed by atoms with E-state index in [4.69, 9.17) is 4.52 Å². The maximum absolute atomic E-state index is 11.6. The molecule has 0 aliphatic carbocycles. The average molecular weight is 279 g/mol. The fourth-order valence-corrected chi connectivity index (χ4v) is 2.17. The number of aromatic nitrogens is 2. The minimum Gasteiger partial charge on any atom is -0.354 e. The summed E-state index contributed by atoms with van der Waals surface area (Å²) in [5.74, 6) is 1.10. The van der Waals surface area contributed by atoms with Crippen molar-refractivity contribution >= 4 is 17.2 Å². The predicted molar refractivity (Wildman–Crippen MR) is 73.8 cm³/mol. The lowest BCUT2D eigenvalue weighted by molar-refractivity contribution is -0.121. The number of nitrogens with zero attached hydrogens (tertiary/aromatic N) is 2. The summed E-state index contributed by atoms with van der Waals surface area (Å²) < 4.78 is 5.13. The zero-order valence-electron chi connectivity index (χ0n) is 11.0. The third-order valence-corrected chi connectivity index (χ3v) is 3.52. The standard InChI is InChI=1S/C13H17N3O2S/c1-3-9(2)14-11(17)4-5-12-15-13(16-18-12)10-6-7-19-8-10/h6-9H,3-5H2,1-2H3,(H,14,17). The second-order valence-corrected chi connectivity index (χ2v) is 5.18. The zero-order valence-corrected chi connectivity index (χ0v) is 11.9. The highest BCUT2D eigenvalue weighted by atomic mass is 32.1. The van der Waals surface area contributed by atoms with Gasteiger partial charge in [0.25, 0.3) is 0 Å². The summed E-state index contributed by atoms with van der Waals surface area (Å²) in [5.41, 5.74) is 0.948. The number of thiophene rings is 1. The number of carbonyl (C=O) groups is 1. The van der Waals surface area contributed by atoms with Crippen molar-refractivity contribution < 1.29 is 9.32 Å². The van der Waals surface area contributed by atoms with Gasteiger partial charge in [-0.3, -0.25) is 4.79 Å². The Morgan fingerprint density at radius 3 is 3.11 bits per heavy atom. The van der Waals surface area contributed by atoms with E-state index in [1.54, 1.807) is 11.3 Å². The van der Waals surface area contributed by atoms with Crippen molar-refractivity contribution in [2.45, 2.75) is 39.2 Å². The topological polar surface area (TPSA) is 68.0 Å². The molecule has 1 atom stereocenters. The maximum atomic E-state index is 11.6. The smallest absolute Gasteiger partial charge is 0.227 e. The van der Waals surface area contributed by atoms with Crippen LogP contribution in [0, 0.1) is 0 Å². The van der Waals surface area contributed by atoms with Gasteiger partial charge in [-0.05, 0) is 24.8 Å². The molecule has 0 aliphatic rings. The number of hydrogen-bond acceptors (Lipinski definition) is 5. The number of amides is 1. The van der Waals surface area contributed by atoms with Crippen LogP contribution in [0.25, 0.3) is 11.4 Å². The molecular formula is C13H17N3O2S. The lowest BCUT2D eigenvalue weighted by Gasteiger charge is -2.10. The van der Waals surface area contributed by atoms with Gasteiger partial charge in [0.2, 0.25) is 17.6 Å². The van der Waals surface area contributed by atoms with Gasteiger partial charge in [0.1, 0.15) is 0 Å². The molecule has 0 bridgehead atoms. The first-order valence-electron chi connectivity index (χ1n) is 6.33. The number of carbonyl (C=O) groups excluding carboxylic acids is 1. The van der Waals surface area contributed by atoms with Crippen LogP contribution in [-0.4, -0.2) is 22.1 Å². The average Bonchev–Trinajstić information content (AvgIpc) is 3.06. The summed E-state index contributed by atoms with van der Waals surface area (Å²) in [6, 6.07) is 2.14. The van der Waals surface area contributed by atoms with Crippen LogP contribution in [0.4, 0.5) is 0 Å². The zero-order chi connectivity index (χ0) is 13.7. The molecule has 0 spiro atoms. The van der Waals surface area contributed by atoms with Crippen molar-refractivity contribution in [3.05, 3.63) is 22.7 Å². The molecule has 1 unspecified atom stereocenters. The first-order valence-corrected chi connectivity index (χ1v) is 7.28. The Morgan fingerprint density at radius 2 is 2.42 bits per heavy atom. The van der Waals surface area contributed by atoms with Crippen molar-refractivity contribution in [1.29, 1.82) is 0 Å². The molecule has 1 N–H and O–H groups in total. The SMILES string of the molecule is CCC(C)NC(=O)CCc1nc(-c2ccsc2)no1. The lowest BCUT2D eigenvalue weighted by Crippen LogP contribution is -2.32. The van der Waals surface area contributed by atoms with Crippen LogP contribution in [0.3, 0.4) is 0 Å². The van der Waals surface area contributed by atoms with Gasteiger partial charge < -0.3 is 9.84 Å². The van der Waals surface area contributed by atoms with Gasteiger partial charge in [-0.25, -0.2) is 0 Å². The Balaban J connectivity index is 1.85. The summed E-state index contributed by atoms with van der Waals surface area (Å²) in [4.78, 5) is 15.9. The number of hydrogen-bond donors (Lipinski definition) is 1. The molecule has 0 saturated carbocycles. The van der Waals surface area contributed by atoms with Crippen molar-refractivity contribution in [3.8, 4) is 11.4 Å². The summed E-state index contributed by atoms with van der Waals surface area (Å²) in [5, 5.41) is 10.7. The number of nitrogens with one attached hydrogen (secondary N) is 1. The molecule has 19 heavy (non-hydrogen) atoms. The quantitative estimate of drug-likeness (QED) is 0.882. The molecule has 2 aromatic heterocycles. The first-order chi connectivity index (χ1) is 9.19. The molecule has 5 nitrogen and oxygen atoms in total. The highest BCUT2D eigenvalue weighted by molar-refractivity contribution is 7.08. The minimum absolute atomic E-state index is 0.0182. The third kappa shape index (κ3) is 3.89. The molecule has 0 aromatic carbocycles. The van der Waals surface area contributed by atoms with E-state index in [1.807, 2.05) is 30.7 Å². The van der Waals surface area contributed by atoms with Gasteiger partial charge in [-0.15, -0.1) is 0 Å². The highest BCUT2D eigenvalue weighted by Gasteiger charge is 2.11. The number of aryl methyl sites for hydroxylation is 1. The van der Waals surface area contributed by atoms with Crippen molar-refractivity contribution in [2.75, 3.05) is 0 Å². The van der Waals surface area contributed by atoms with Gasteiger partial charge in [-0.1, -0.05) is 12.1 Å². The Bertz CT molecular complexity index is 522. The Kier molecular flexibility index (Phi) is 4.68. The monoisotopic (exact) mass is 279 g/mol. The van der Waals surface area contributed by atoms with Crippen LogP contribution in [0.5, 0.6) is 0 Å².